The standard InChI is InChI=1S/C19H21NO5/c1-19(2,18(22)23)12-25-14-10-8-13(9-11-14)17(21)20-15-6-4-5-7-16(15)24-3/h4-11H,12H2,1-3H3,(H,20,21)(H,22,23). The molecule has 0 spiro atoms. The number of hydrogen-bond donors (Lipinski definition) is 2. The minimum Gasteiger partial charge on any atom is -0.495 e. The van der Waals surface area contributed by atoms with Crippen LogP contribution in [0, 0.1) is 5.41 Å². The first-order valence-electron chi connectivity index (χ1n) is 7.74. The van der Waals surface area contributed by atoms with Gasteiger partial charge >= 0.3 is 5.97 Å². The van der Waals surface area contributed by atoms with Gasteiger partial charge in [0.2, 0.25) is 0 Å². The predicted molar refractivity (Wildman–Crippen MR) is 94.3 cm³/mol. The average molecular weight is 343 g/mol. The first-order valence-corrected chi connectivity index (χ1v) is 7.74. The number of aliphatic carboxylic acids is 1. The normalized spacial score (nSPS) is 10.8. The third-order valence-corrected chi connectivity index (χ3v) is 3.65. The highest BCUT2D eigenvalue weighted by molar-refractivity contribution is 6.05. The molecule has 0 radical (unpaired) electrons. The second kappa shape index (κ2) is 7.70. The number of carboxylic acids is 1. The van der Waals surface area contributed by atoms with Crippen LogP contribution in [0.4, 0.5) is 5.69 Å². The molecule has 0 aliphatic heterocycles. The van der Waals surface area contributed by atoms with Crippen molar-refractivity contribution in [3.63, 3.8) is 0 Å². The summed E-state index contributed by atoms with van der Waals surface area (Å²) >= 11 is 0. The molecule has 132 valence electrons. The van der Waals surface area contributed by atoms with Gasteiger partial charge in [-0.05, 0) is 50.2 Å². The monoisotopic (exact) mass is 343 g/mol. The topological polar surface area (TPSA) is 84.9 Å². The lowest BCUT2D eigenvalue weighted by Crippen LogP contribution is -2.30. The predicted octanol–water partition coefficient (Wildman–Crippen LogP) is 3.44. The van der Waals surface area contributed by atoms with E-state index in [0.717, 1.165) is 0 Å². The maximum atomic E-state index is 12.3. The molecule has 0 atom stereocenters. The van der Waals surface area contributed by atoms with E-state index in [1.165, 1.54) is 7.11 Å². The number of carbonyl (C=O) groups excluding carboxylic acids is 1. The Kier molecular flexibility index (Phi) is 5.64. The van der Waals surface area contributed by atoms with Crippen molar-refractivity contribution in [1.82, 2.24) is 0 Å². The number of anilines is 1. The Labute approximate surface area is 146 Å². The molecule has 0 bridgehead atoms. The Morgan fingerprint density at radius 2 is 1.72 bits per heavy atom. The number of para-hydroxylation sites is 2. The Morgan fingerprint density at radius 1 is 1.08 bits per heavy atom. The first kappa shape index (κ1) is 18.3. The van der Waals surface area contributed by atoms with Crippen LogP contribution in [-0.2, 0) is 4.79 Å². The molecule has 2 N–H and O–H groups in total. The molecule has 0 aromatic heterocycles. The van der Waals surface area contributed by atoms with Gasteiger partial charge in [-0.2, -0.15) is 0 Å². The van der Waals surface area contributed by atoms with Crippen LogP contribution < -0.4 is 14.8 Å². The summed E-state index contributed by atoms with van der Waals surface area (Å²) in [6, 6.07) is 13.6. The number of amides is 1. The molecule has 0 saturated carbocycles. The molecule has 2 aromatic carbocycles. The molecule has 6 heteroatoms. The van der Waals surface area contributed by atoms with Crippen LogP contribution >= 0.6 is 0 Å². The second-order valence-electron chi connectivity index (χ2n) is 6.16. The van der Waals surface area contributed by atoms with Gasteiger partial charge in [-0.25, -0.2) is 0 Å². The van der Waals surface area contributed by atoms with Crippen molar-refractivity contribution >= 4 is 17.6 Å². The molecule has 0 aliphatic carbocycles. The van der Waals surface area contributed by atoms with Gasteiger partial charge in [-0.15, -0.1) is 0 Å². The summed E-state index contributed by atoms with van der Waals surface area (Å²) in [5.41, 5.74) is 0.0502. The van der Waals surface area contributed by atoms with Gasteiger partial charge < -0.3 is 19.9 Å². The fraction of sp³-hybridized carbons (Fsp3) is 0.263. The summed E-state index contributed by atoms with van der Waals surface area (Å²) in [6.45, 7) is 3.21. The maximum Gasteiger partial charge on any atom is 0.312 e. The van der Waals surface area contributed by atoms with Crippen LogP contribution in [0.25, 0.3) is 0 Å². The summed E-state index contributed by atoms with van der Waals surface area (Å²) in [4.78, 5) is 23.4. The van der Waals surface area contributed by atoms with Gasteiger partial charge in [0.1, 0.15) is 18.1 Å². The van der Waals surface area contributed by atoms with Crippen LogP contribution in [0.3, 0.4) is 0 Å². The van der Waals surface area contributed by atoms with E-state index in [0.29, 0.717) is 22.7 Å². The molecule has 25 heavy (non-hydrogen) atoms. The maximum absolute atomic E-state index is 12.3. The van der Waals surface area contributed by atoms with E-state index in [4.69, 9.17) is 14.6 Å². The van der Waals surface area contributed by atoms with Gasteiger partial charge in [0.15, 0.2) is 0 Å². The Morgan fingerprint density at radius 3 is 2.32 bits per heavy atom. The van der Waals surface area contributed by atoms with Gasteiger partial charge in [-0.1, -0.05) is 12.1 Å². The van der Waals surface area contributed by atoms with Crippen LogP contribution in [0.5, 0.6) is 11.5 Å². The van der Waals surface area contributed by atoms with Crippen molar-refractivity contribution < 1.29 is 24.2 Å². The van der Waals surface area contributed by atoms with E-state index in [1.807, 2.05) is 6.07 Å². The number of nitrogens with one attached hydrogen (secondary N) is 1. The zero-order chi connectivity index (χ0) is 18.4. The lowest BCUT2D eigenvalue weighted by molar-refractivity contribution is -0.148. The molecular formula is C19H21NO5. The first-order chi connectivity index (χ1) is 11.8. The van der Waals surface area contributed by atoms with Gasteiger partial charge in [0, 0.05) is 5.56 Å². The third kappa shape index (κ3) is 4.73. The van der Waals surface area contributed by atoms with Crippen molar-refractivity contribution in [2.75, 3.05) is 19.0 Å². The highest BCUT2D eigenvalue weighted by atomic mass is 16.5. The number of carboxylic acid groups (broad SMARTS) is 1. The number of carbonyl (C=O) groups is 2. The minimum atomic E-state index is -0.986. The van der Waals surface area contributed by atoms with Crippen LogP contribution in [-0.4, -0.2) is 30.7 Å². The van der Waals surface area contributed by atoms with Gasteiger partial charge in [0.25, 0.3) is 5.91 Å². The summed E-state index contributed by atoms with van der Waals surface area (Å²) < 4.78 is 10.7. The van der Waals surface area contributed by atoms with Crippen molar-refractivity contribution in [2.45, 2.75) is 13.8 Å². The molecule has 1 amide bonds. The molecular weight excluding hydrogens is 322 g/mol. The zero-order valence-electron chi connectivity index (χ0n) is 14.4. The molecule has 0 saturated heterocycles. The van der Waals surface area contributed by atoms with Crippen LogP contribution in [0.1, 0.15) is 24.2 Å². The SMILES string of the molecule is COc1ccccc1NC(=O)c1ccc(OCC(C)(C)C(=O)O)cc1. The van der Waals surface area contributed by atoms with Crippen molar-refractivity contribution in [1.29, 1.82) is 0 Å². The van der Waals surface area contributed by atoms with Crippen molar-refractivity contribution in [2.24, 2.45) is 5.41 Å². The minimum absolute atomic E-state index is 0.0368. The quantitative estimate of drug-likeness (QED) is 0.804. The molecule has 2 aromatic rings. The highest BCUT2D eigenvalue weighted by Gasteiger charge is 2.28. The molecule has 2 rings (SSSR count). The third-order valence-electron chi connectivity index (χ3n) is 3.65. The fourth-order valence-electron chi connectivity index (χ4n) is 1.97. The number of methoxy groups -OCH3 is 1. The Bertz CT molecular complexity index is 753. The zero-order valence-corrected chi connectivity index (χ0v) is 14.4. The van der Waals surface area contributed by atoms with E-state index in [1.54, 1.807) is 56.3 Å². The second-order valence-corrected chi connectivity index (χ2v) is 6.16. The van der Waals surface area contributed by atoms with Crippen LogP contribution in [0.2, 0.25) is 0 Å². The van der Waals surface area contributed by atoms with E-state index >= 15 is 0 Å². The summed E-state index contributed by atoms with van der Waals surface area (Å²) in [7, 11) is 1.54. The smallest absolute Gasteiger partial charge is 0.312 e. The van der Waals surface area contributed by atoms with Crippen LogP contribution in [0.15, 0.2) is 48.5 Å². The van der Waals surface area contributed by atoms with E-state index in [-0.39, 0.29) is 12.5 Å². The summed E-state index contributed by atoms with van der Waals surface area (Å²) in [5, 5.41) is 11.9. The summed E-state index contributed by atoms with van der Waals surface area (Å²) in [6.07, 6.45) is 0. The Hall–Kier alpha value is -3.02. The lowest BCUT2D eigenvalue weighted by atomic mass is 9.95. The van der Waals surface area contributed by atoms with E-state index < -0.39 is 11.4 Å². The highest BCUT2D eigenvalue weighted by Crippen LogP contribution is 2.24. The van der Waals surface area contributed by atoms with Gasteiger partial charge in [-0.3, -0.25) is 9.59 Å². The Balaban J connectivity index is 2.02. The van der Waals surface area contributed by atoms with E-state index in [9.17, 15) is 9.59 Å². The average Bonchev–Trinajstić information content (AvgIpc) is 2.60. The number of hydrogen-bond acceptors (Lipinski definition) is 4. The molecule has 6 nitrogen and oxygen atoms in total. The van der Waals surface area contributed by atoms with Crippen molar-refractivity contribution in [3.8, 4) is 11.5 Å². The molecule has 0 heterocycles. The number of ether oxygens (including phenoxy) is 2. The molecule has 0 unspecified atom stereocenters. The number of rotatable bonds is 7. The largest absolute Gasteiger partial charge is 0.495 e. The summed E-state index contributed by atoms with van der Waals surface area (Å²) in [5.74, 6) is -0.128. The molecule has 0 aliphatic rings. The molecule has 0 fully saturated rings. The lowest BCUT2D eigenvalue weighted by Gasteiger charge is -2.19. The number of benzene rings is 2. The van der Waals surface area contributed by atoms with E-state index in [2.05, 4.69) is 5.32 Å². The fourth-order valence-corrected chi connectivity index (χ4v) is 1.97. The van der Waals surface area contributed by atoms with Crippen molar-refractivity contribution in [3.05, 3.63) is 54.1 Å². The van der Waals surface area contributed by atoms with Gasteiger partial charge in [0.05, 0.1) is 18.2 Å².